The first-order chi connectivity index (χ1) is 16.0. The van der Waals surface area contributed by atoms with Crippen LogP contribution < -0.4 is 18.9 Å². The maximum atomic E-state index is 12.0. The third-order valence-electron chi connectivity index (χ3n) is 5.19. The summed E-state index contributed by atoms with van der Waals surface area (Å²) in [5, 5.41) is 0. The highest BCUT2D eigenvalue weighted by Crippen LogP contribution is 2.33. The number of rotatable bonds is 9. The largest absolute Gasteiger partial charge is 0.574 e. The molecule has 1 aromatic heterocycles. The normalized spacial score (nSPS) is 14.8. The molecule has 0 saturated heterocycles. The highest BCUT2D eigenvalue weighted by atomic mass is 32.2. The molecule has 0 bridgehead atoms. The van der Waals surface area contributed by atoms with Gasteiger partial charge in [0.2, 0.25) is 0 Å². The molecular formula is C23H27N5O4S. The van der Waals surface area contributed by atoms with Crippen molar-refractivity contribution in [1.29, 1.82) is 0 Å². The summed E-state index contributed by atoms with van der Waals surface area (Å²) in [6.45, 7) is 4.40. The van der Waals surface area contributed by atoms with Crippen LogP contribution in [0.25, 0.3) is 5.57 Å². The summed E-state index contributed by atoms with van der Waals surface area (Å²) in [4.78, 5) is 24.6. The van der Waals surface area contributed by atoms with Crippen molar-refractivity contribution in [2.45, 2.75) is 26.7 Å². The number of nitrogens with one attached hydrogen (secondary N) is 2. The van der Waals surface area contributed by atoms with Crippen LogP contribution in [0.2, 0.25) is 0 Å². The van der Waals surface area contributed by atoms with Crippen molar-refractivity contribution < 1.29 is 18.8 Å². The molecule has 2 N–H and O–H groups in total. The van der Waals surface area contributed by atoms with Crippen LogP contribution in [-0.2, 0) is 22.8 Å². The van der Waals surface area contributed by atoms with E-state index in [1.165, 1.54) is 0 Å². The van der Waals surface area contributed by atoms with Crippen LogP contribution >= 0.6 is 0 Å². The number of benzene rings is 1. The molecule has 0 saturated carbocycles. The van der Waals surface area contributed by atoms with Crippen LogP contribution in [-0.4, -0.2) is 48.8 Å². The third-order valence-corrected chi connectivity index (χ3v) is 5.94. The fourth-order valence-electron chi connectivity index (χ4n) is 3.26. The quantitative estimate of drug-likeness (QED) is 0.329. The zero-order valence-corrected chi connectivity index (χ0v) is 19.9. The number of carbonyl (C=O) groups is 1. The summed E-state index contributed by atoms with van der Waals surface area (Å²) in [5.41, 5.74) is 3.87. The molecule has 33 heavy (non-hydrogen) atoms. The minimum Gasteiger partial charge on any atom is -0.574 e. The Morgan fingerprint density at radius 1 is 1.33 bits per heavy atom. The number of nitrogens with zero attached hydrogens (tertiary/aromatic N) is 3. The predicted octanol–water partition coefficient (Wildman–Crippen LogP) is 3.03. The minimum atomic E-state index is -1.45. The fourth-order valence-corrected chi connectivity index (χ4v) is 3.74. The van der Waals surface area contributed by atoms with E-state index < -0.39 is 11.5 Å². The van der Waals surface area contributed by atoms with E-state index in [0.717, 1.165) is 35.0 Å². The van der Waals surface area contributed by atoms with Crippen LogP contribution in [0.5, 0.6) is 11.5 Å². The molecule has 2 heterocycles. The molecule has 9 nitrogen and oxygen atoms in total. The van der Waals surface area contributed by atoms with Crippen molar-refractivity contribution in [3.8, 4) is 11.5 Å². The maximum Gasteiger partial charge on any atom is 0.316 e. The topological polar surface area (TPSA) is 120 Å². The van der Waals surface area contributed by atoms with E-state index in [-0.39, 0.29) is 0 Å². The Morgan fingerprint density at radius 2 is 2.15 bits per heavy atom. The first-order valence-electron chi connectivity index (χ1n) is 10.3. The highest BCUT2D eigenvalue weighted by Gasteiger charge is 2.16. The molecule has 1 unspecified atom stereocenters. The van der Waals surface area contributed by atoms with Crippen LogP contribution in [0.15, 0.2) is 46.0 Å². The van der Waals surface area contributed by atoms with Gasteiger partial charge in [-0.25, -0.2) is 15.0 Å². The molecule has 0 aliphatic carbocycles. The first-order valence-corrected chi connectivity index (χ1v) is 11.5. The second-order valence-electron chi connectivity index (χ2n) is 7.19. The van der Waals surface area contributed by atoms with Gasteiger partial charge < -0.3 is 14.0 Å². The van der Waals surface area contributed by atoms with Gasteiger partial charge in [0.15, 0.2) is 17.4 Å². The van der Waals surface area contributed by atoms with Gasteiger partial charge in [0.1, 0.15) is 17.8 Å². The molecule has 2 aromatic rings. The molecule has 1 aliphatic heterocycles. The van der Waals surface area contributed by atoms with Gasteiger partial charge in [0.25, 0.3) is 0 Å². The molecule has 1 aliphatic rings. The zero-order chi connectivity index (χ0) is 23.8. The third kappa shape index (κ3) is 6.19. The van der Waals surface area contributed by atoms with Gasteiger partial charge in [-0.05, 0) is 54.3 Å². The van der Waals surface area contributed by atoms with Crippen LogP contribution in [0.1, 0.15) is 30.0 Å². The Kier molecular flexibility index (Phi) is 8.58. The predicted molar refractivity (Wildman–Crippen MR) is 131 cm³/mol. The average molecular weight is 470 g/mol. The highest BCUT2D eigenvalue weighted by molar-refractivity contribution is 7.90. The number of allylic oxidation sites excluding steroid dienone is 2. The molecule has 0 spiro atoms. The second kappa shape index (κ2) is 11.6. The lowest BCUT2D eigenvalue weighted by atomic mass is 9.95. The van der Waals surface area contributed by atoms with Crippen LogP contribution in [0.4, 0.5) is 5.82 Å². The van der Waals surface area contributed by atoms with Gasteiger partial charge in [-0.2, -0.15) is 4.72 Å². The maximum absolute atomic E-state index is 12.0. The fraction of sp³-hybridized carbons (Fsp3) is 0.304. The number of pyridine rings is 1. The Hall–Kier alpha value is -3.21. The van der Waals surface area contributed by atoms with Crippen molar-refractivity contribution >= 4 is 41.5 Å². The Morgan fingerprint density at radius 3 is 2.82 bits per heavy atom. The lowest BCUT2D eigenvalue weighted by Crippen LogP contribution is -2.27. The van der Waals surface area contributed by atoms with E-state index in [9.17, 15) is 9.35 Å². The molecule has 0 fully saturated rings. The van der Waals surface area contributed by atoms with E-state index in [0.29, 0.717) is 41.9 Å². The minimum absolute atomic E-state index is 0.314. The lowest BCUT2D eigenvalue weighted by molar-refractivity contribution is -0.104. The van der Waals surface area contributed by atoms with E-state index in [1.807, 2.05) is 26.0 Å². The Bertz CT molecular complexity index is 1100. The number of hydrogen-bond donors (Lipinski definition) is 2. The first kappa shape index (κ1) is 24.4. The van der Waals surface area contributed by atoms with E-state index in [1.54, 1.807) is 38.7 Å². The van der Waals surface area contributed by atoms with Crippen molar-refractivity contribution in [3.05, 3.63) is 52.7 Å². The van der Waals surface area contributed by atoms with Crippen molar-refractivity contribution in [3.63, 3.8) is 0 Å². The number of amidine groups is 1. The van der Waals surface area contributed by atoms with Crippen LogP contribution in [0.3, 0.4) is 0 Å². The molecule has 1 aromatic carbocycles. The zero-order valence-electron chi connectivity index (χ0n) is 19.0. The van der Waals surface area contributed by atoms with Crippen molar-refractivity contribution in [2.24, 2.45) is 9.98 Å². The van der Waals surface area contributed by atoms with E-state index in [2.05, 4.69) is 24.4 Å². The van der Waals surface area contributed by atoms with Crippen LogP contribution in [0, 0.1) is 6.92 Å². The average Bonchev–Trinajstić information content (AvgIpc) is 2.84. The second-order valence-corrected chi connectivity index (χ2v) is 8.34. The number of aldehydes is 1. The van der Waals surface area contributed by atoms with Crippen molar-refractivity contribution in [1.82, 2.24) is 9.71 Å². The number of hydrogen-bond acceptors (Lipinski definition) is 9. The van der Waals surface area contributed by atoms with Gasteiger partial charge >= 0.3 is 6.02 Å². The summed E-state index contributed by atoms with van der Waals surface area (Å²) in [7, 11) is 3.15. The summed E-state index contributed by atoms with van der Waals surface area (Å²) in [6, 6.07) is 7.56. The molecule has 0 amide bonds. The number of aromatic nitrogens is 1. The number of carbonyl (C=O) groups excluding carboxylic acids is 1. The molecular weight excluding hydrogens is 442 g/mol. The summed E-state index contributed by atoms with van der Waals surface area (Å²) in [5.74, 6) is 1.62. The number of ether oxygens (including phenoxy) is 2. The van der Waals surface area contributed by atoms with Gasteiger partial charge in [0, 0.05) is 50.5 Å². The van der Waals surface area contributed by atoms with Crippen molar-refractivity contribution in [2.75, 3.05) is 25.4 Å². The summed E-state index contributed by atoms with van der Waals surface area (Å²) in [6.07, 6.45) is 5.43. The van der Waals surface area contributed by atoms with Gasteiger partial charge in [-0.1, -0.05) is 0 Å². The summed E-state index contributed by atoms with van der Waals surface area (Å²) >= 11 is -1.45. The summed E-state index contributed by atoms with van der Waals surface area (Å²) < 4.78 is 28.5. The van der Waals surface area contributed by atoms with E-state index in [4.69, 9.17) is 9.47 Å². The number of aliphatic imine (C=N–C) groups is 2. The smallest absolute Gasteiger partial charge is 0.316 e. The molecule has 10 heteroatoms. The standard InChI is InChI=1S/C23H27N5O4S/c1-15(18(14-29)12-17-8-11-25-22(16(17)2)28-33(30)24-3)20-7-6-19(13-21(20)31-4)32-23-26-9-5-10-27-23/h6-9,11,13-14,24H,5,10,12H2,1-4H3,(H,25,28)/b18-15-. The monoisotopic (exact) mass is 469 g/mol. The number of methoxy groups -OCH3 is 1. The van der Waals surface area contributed by atoms with Gasteiger partial charge in [-0.3, -0.25) is 4.79 Å². The Labute approximate surface area is 196 Å². The molecule has 3 rings (SSSR count). The number of anilines is 1. The van der Waals surface area contributed by atoms with E-state index >= 15 is 0 Å². The molecule has 1 atom stereocenters. The Balaban J connectivity index is 1.88. The lowest BCUT2D eigenvalue weighted by Gasteiger charge is -2.16. The SMILES string of the molecule is CN[S+]([O-])Nc1nccc(C/C(C=O)=C(\C)c2ccc(OC3=NCCC=N3)cc2OC)c1C. The van der Waals surface area contributed by atoms with Gasteiger partial charge in [0.05, 0.1) is 7.11 Å². The molecule has 174 valence electrons. The van der Waals surface area contributed by atoms with Gasteiger partial charge in [-0.15, -0.1) is 4.72 Å². The molecule has 0 radical (unpaired) electrons.